The zero-order valence-electron chi connectivity index (χ0n) is 19.9. The minimum atomic E-state index is -0.220. The summed E-state index contributed by atoms with van der Waals surface area (Å²) in [7, 11) is 0. The molecule has 0 aliphatic heterocycles. The minimum absolute atomic E-state index is 0.220. The molecule has 0 atom stereocenters. The average molecular weight is 452 g/mol. The molecule has 0 radical (unpaired) electrons. The Hall–Kier alpha value is -2.11. The van der Waals surface area contributed by atoms with Crippen molar-refractivity contribution in [3.05, 3.63) is 58.7 Å². The summed E-state index contributed by atoms with van der Waals surface area (Å²) in [5, 5.41) is 8.44. The van der Waals surface area contributed by atoms with Gasteiger partial charge in [0.15, 0.2) is 4.45 Å². The molecule has 0 fully saturated rings. The molecule has 2 amide bonds. The number of anilines is 2. The fourth-order valence-corrected chi connectivity index (χ4v) is 2.56. The van der Waals surface area contributed by atoms with Gasteiger partial charge in [0.25, 0.3) is 0 Å². The molecular weight excluding hydrogens is 414 g/mol. The average Bonchev–Trinajstić information content (AvgIpc) is 2.74. The molecule has 2 aromatic rings. The summed E-state index contributed by atoms with van der Waals surface area (Å²) in [6.45, 7) is 19.0. The van der Waals surface area contributed by atoms with Crippen LogP contribution in [0, 0.1) is 27.7 Å². The summed E-state index contributed by atoms with van der Waals surface area (Å²) in [6, 6.07) is 11.2. The summed E-state index contributed by atoms with van der Waals surface area (Å²) < 4.78 is 0.345. The molecule has 0 aromatic heterocycles. The van der Waals surface area contributed by atoms with E-state index in [1.807, 2.05) is 77.9 Å². The molecule has 0 unspecified atom stereocenters. The molecule has 0 saturated carbocycles. The van der Waals surface area contributed by atoms with Crippen molar-refractivity contribution in [2.24, 2.45) is 0 Å². The van der Waals surface area contributed by atoms with E-state index in [4.69, 9.17) is 11.6 Å². The number of para-hydroxylation sites is 1. The molecule has 0 saturated heterocycles. The molecule has 4 nitrogen and oxygen atoms in total. The Balaban J connectivity index is 0. The fraction of sp³-hybridized carbons (Fsp3) is 0.417. The zero-order valence-corrected chi connectivity index (χ0v) is 21.4. The number of nitrogens with one attached hydrogen (secondary N) is 3. The predicted octanol–water partition coefficient (Wildman–Crippen LogP) is 7.74. The van der Waals surface area contributed by atoms with E-state index >= 15 is 0 Å². The Morgan fingerprint density at radius 2 is 1.43 bits per heavy atom. The first-order valence-electron chi connectivity index (χ1n) is 10.4. The predicted molar refractivity (Wildman–Crippen MR) is 139 cm³/mol. The van der Waals surface area contributed by atoms with E-state index in [1.165, 1.54) is 16.7 Å². The number of rotatable bonds is 3. The lowest BCUT2D eigenvalue weighted by Crippen LogP contribution is -2.20. The molecule has 3 N–H and O–H groups in total. The van der Waals surface area contributed by atoms with Crippen molar-refractivity contribution in [3.63, 3.8) is 0 Å². The van der Waals surface area contributed by atoms with Gasteiger partial charge in [-0.1, -0.05) is 57.5 Å². The summed E-state index contributed by atoms with van der Waals surface area (Å²) in [5.74, 6) is 0. The molecule has 6 heteroatoms. The second-order valence-corrected chi connectivity index (χ2v) is 6.88. The van der Waals surface area contributed by atoms with Crippen LogP contribution in [-0.2, 0) is 0 Å². The third kappa shape index (κ3) is 11.8. The minimum Gasteiger partial charge on any atom is -0.367 e. The number of amides is 2. The quantitative estimate of drug-likeness (QED) is 0.254. The number of aryl methyl sites for hydroxylation is 1. The fourth-order valence-electron chi connectivity index (χ4n) is 2.29. The Kier molecular flexibility index (Phi) is 17.8. The van der Waals surface area contributed by atoms with Gasteiger partial charge in [0.2, 0.25) is 0 Å². The number of carbonyl (C=O) groups excluding carboxylic acids is 1. The van der Waals surface area contributed by atoms with Crippen molar-refractivity contribution in [1.29, 1.82) is 0 Å². The molecule has 0 spiro atoms. The molecular formula is C24H38ClN3OS. The number of benzene rings is 2. The van der Waals surface area contributed by atoms with Crippen LogP contribution in [0.1, 0.15) is 56.9 Å². The van der Waals surface area contributed by atoms with E-state index in [1.54, 1.807) is 0 Å². The lowest BCUT2D eigenvalue weighted by molar-refractivity contribution is 0.262. The van der Waals surface area contributed by atoms with Crippen molar-refractivity contribution in [3.8, 4) is 0 Å². The van der Waals surface area contributed by atoms with E-state index in [-0.39, 0.29) is 6.03 Å². The number of hydrogen-bond acceptors (Lipinski definition) is 2. The van der Waals surface area contributed by atoms with Crippen molar-refractivity contribution in [1.82, 2.24) is 5.32 Å². The van der Waals surface area contributed by atoms with Gasteiger partial charge < -0.3 is 16.0 Å². The van der Waals surface area contributed by atoms with E-state index in [2.05, 4.69) is 48.9 Å². The molecule has 30 heavy (non-hydrogen) atoms. The van der Waals surface area contributed by atoms with Crippen molar-refractivity contribution < 1.29 is 4.79 Å². The van der Waals surface area contributed by atoms with Crippen LogP contribution in [0.5, 0.6) is 0 Å². The van der Waals surface area contributed by atoms with Gasteiger partial charge in [-0.25, -0.2) is 4.79 Å². The lowest BCUT2D eigenvalue weighted by Gasteiger charge is -2.15. The largest absolute Gasteiger partial charge is 0.367 e. The topological polar surface area (TPSA) is 53.2 Å². The summed E-state index contributed by atoms with van der Waals surface area (Å²) in [4.78, 5) is 12.0. The Morgan fingerprint density at radius 3 is 1.87 bits per heavy atom. The van der Waals surface area contributed by atoms with Gasteiger partial charge in [-0.2, -0.15) is 0 Å². The summed E-state index contributed by atoms with van der Waals surface area (Å²) in [5.41, 5.74) is 6.43. The van der Waals surface area contributed by atoms with Gasteiger partial charge in [0.1, 0.15) is 0 Å². The van der Waals surface area contributed by atoms with Crippen molar-refractivity contribution >= 4 is 45.7 Å². The molecule has 2 rings (SSSR count). The summed E-state index contributed by atoms with van der Waals surface area (Å²) in [6.07, 6.45) is 0. The van der Waals surface area contributed by atoms with Crippen LogP contribution in [-0.4, -0.2) is 17.0 Å². The first-order chi connectivity index (χ1) is 14.3. The third-order valence-electron chi connectivity index (χ3n) is 4.08. The Bertz CT molecular complexity index is 765. The SMILES string of the molecule is CC.CC.CCNC(=S)Cl.Cc1cc(NC(=O)Nc2ccccc2)c(C)c(C)c1C. The van der Waals surface area contributed by atoms with Crippen LogP contribution in [0.4, 0.5) is 16.2 Å². The second kappa shape index (κ2) is 17.7. The standard InChI is InChI=1S/C17H20N2O.C3H6ClNS.2C2H6/c1-11-10-16(14(4)13(3)12(11)2)19-17(20)18-15-8-6-5-7-9-15;1-2-5-3(4)6;2*1-2/h5-10H,1-4H3,(H2,18,19,20);2H2,1H3,(H,5,6);2*1-2H3. The zero-order chi connectivity index (χ0) is 23.7. The monoisotopic (exact) mass is 451 g/mol. The molecule has 2 aromatic carbocycles. The Labute approximate surface area is 193 Å². The maximum absolute atomic E-state index is 12.0. The van der Waals surface area contributed by atoms with Gasteiger partial charge in [-0.3, -0.25) is 0 Å². The van der Waals surface area contributed by atoms with Crippen LogP contribution in [0.3, 0.4) is 0 Å². The number of carbonyl (C=O) groups is 1. The lowest BCUT2D eigenvalue weighted by atomic mass is 9.98. The summed E-state index contributed by atoms with van der Waals surface area (Å²) >= 11 is 9.65. The van der Waals surface area contributed by atoms with Crippen LogP contribution < -0.4 is 16.0 Å². The normalized spacial score (nSPS) is 8.73. The maximum atomic E-state index is 12.0. The molecule has 0 aliphatic rings. The van der Waals surface area contributed by atoms with Crippen LogP contribution in [0.15, 0.2) is 36.4 Å². The Morgan fingerprint density at radius 1 is 0.900 bits per heavy atom. The highest BCUT2D eigenvalue weighted by molar-refractivity contribution is 7.83. The highest BCUT2D eigenvalue weighted by atomic mass is 35.5. The van der Waals surface area contributed by atoms with Gasteiger partial charge in [0.05, 0.1) is 0 Å². The van der Waals surface area contributed by atoms with Crippen LogP contribution in [0.2, 0.25) is 0 Å². The van der Waals surface area contributed by atoms with Gasteiger partial charge in [0, 0.05) is 17.9 Å². The maximum Gasteiger partial charge on any atom is 0.323 e. The first-order valence-corrected chi connectivity index (χ1v) is 11.2. The van der Waals surface area contributed by atoms with E-state index in [0.717, 1.165) is 23.5 Å². The van der Waals surface area contributed by atoms with Crippen LogP contribution >= 0.6 is 23.8 Å². The van der Waals surface area contributed by atoms with Gasteiger partial charge in [-0.15, -0.1) is 0 Å². The number of hydrogen-bond donors (Lipinski definition) is 3. The smallest absolute Gasteiger partial charge is 0.323 e. The van der Waals surface area contributed by atoms with Gasteiger partial charge >= 0.3 is 6.03 Å². The number of thiocarbonyl (C=S) groups is 1. The molecule has 0 heterocycles. The highest BCUT2D eigenvalue weighted by Crippen LogP contribution is 2.25. The van der Waals surface area contributed by atoms with E-state index in [9.17, 15) is 4.79 Å². The van der Waals surface area contributed by atoms with E-state index in [0.29, 0.717) is 4.45 Å². The number of urea groups is 1. The van der Waals surface area contributed by atoms with E-state index < -0.39 is 0 Å². The van der Waals surface area contributed by atoms with Crippen molar-refractivity contribution in [2.45, 2.75) is 62.3 Å². The third-order valence-corrected chi connectivity index (χ3v) is 4.35. The second-order valence-electron chi connectivity index (χ2n) is 5.87. The van der Waals surface area contributed by atoms with Crippen molar-refractivity contribution in [2.75, 3.05) is 17.2 Å². The molecule has 0 aliphatic carbocycles. The van der Waals surface area contributed by atoms with Gasteiger partial charge in [-0.05, 0) is 87.3 Å². The first kappa shape index (κ1) is 30.1. The van der Waals surface area contributed by atoms with Crippen LogP contribution in [0.25, 0.3) is 0 Å². The highest BCUT2D eigenvalue weighted by Gasteiger charge is 2.09. The molecule has 168 valence electrons. The number of halogens is 1. The molecule has 0 bridgehead atoms.